The summed E-state index contributed by atoms with van der Waals surface area (Å²) >= 11 is 0. The lowest BCUT2D eigenvalue weighted by atomic mass is 9.90. The lowest BCUT2D eigenvalue weighted by molar-refractivity contribution is -0.149. The molecule has 0 radical (unpaired) electrons. The molecule has 0 aliphatic rings. The second kappa shape index (κ2) is 7.04. The predicted octanol–water partition coefficient (Wildman–Crippen LogP) is 3.61. The summed E-state index contributed by atoms with van der Waals surface area (Å²) in [6.45, 7) is 6.35. The average molecular weight is 249 g/mol. The summed E-state index contributed by atoms with van der Waals surface area (Å²) in [6, 6.07) is 9.82. The minimum atomic E-state index is -0.605. The highest BCUT2D eigenvalue weighted by atomic mass is 16.5. The number of nitrogens with one attached hydrogen (secondary N) is 1. The minimum absolute atomic E-state index is 0.154. The Morgan fingerprint density at radius 3 is 2.39 bits per heavy atom. The normalized spacial score (nSPS) is 13.7. The zero-order chi connectivity index (χ0) is 13.4. The molecule has 0 aliphatic carbocycles. The molecule has 1 aromatic carbocycles. The quantitative estimate of drug-likeness (QED) is 0.750. The van der Waals surface area contributed by atoms with Crippen LogP contribution in [0.3, 0.4) is 0 Å². The molecule has 0 heterocycles. The Balaban J connectivity index is 2.92. The standard InChI is InChI=1S/C15H23NO2/c1-4-12-15(5-2,14(17)18-6-3)16-13-10-8-7-9-11-13/h7-11,16H,4-6,12H2,1-3H3. The van der Waals surface area contributed by atoms with Crippen LogP contribution in [0.4, 0.5) is 5.69 Å². The molecular formula is C15H23NO2. The van der Waals surface area contributed by atoms with Crippen LogP contribution < -0.4 is 5.32 Å². The van der Waals surface area contributed by atoms with Gasteiger partial charge in [-0.15, -0.1) is 0 Å². The number of hydrogen-bond donors (Lipinski definition) is 1. The van der Waals surface area contributed by atoms with Crippen LogP contribution in [0.1, 0.15) is 40.0 Å². The number of rotatable bonds is 7. The van der Waals surface area contributed by atoms with Gasteiger partial charge >= 0.3 is 5.97 Å². The molecular weight excluding hydrogens is 226 g/mol. The number of ether oxygens (including phenoxy) is 1. The molecule has 0 bridgehead atoms. The summed E-state index contributed by atoms with van der Waals surface area (Å²) in [4.78, 5) is 12.2. The second-order valence-electron chi connectivity index (χ2n) is 4.40. The van der Waals surface area contributed by atoms with E-state index in [1.807, 2.05) is 44.2 Å². The fourth-order valence-corrected chi connectivity index (χ4v) is 2.12. The first-order valence-electron chi connectivity index (χ1n) is 6.69. The molecule has 1 rings (SSSR count). The van der Waals surface area contributed by atoms with Crippen LogP contribution >= 0.6 is 0 Å². The van der Waals surface area contributed by atoms with Crippen molar-refractivity contribution in [2.24, 2.45) is 0 Å². The maximum absolute atomic E-state index is 12.2. The number of para-hydroxylation sites is 1. The van der Waals surface area contributed by atoms with E-state index in [1.165, 1.54) is 0 Å². The van der Waals surface area contributed by atoms with Crippen LogP contribution in [0, 0.1) is 0 Å². The molecule has 0 aromatic heterocycles. The molecule has 18 heavy (non-hydrogen) atoms. The molecule has 3 nitrogen and oxygen atoms in total. The van der Waals surface area contributed by atoms with Gasteiger partial charge in [0.1, 0.15) is 5.54 Å². The monoisotopic (exact) mass is 249 g/mol. The first kappa shape index (κ1) is 14.6. The minimum Gasteiger partial charge on any atom is -0.464 e. The maximum atomic E-state index is 12.2. The van der Waals surface area contributed by atoms with E-state index in [9.17, 15) is 4.79 Å². The molecule has 0 spiro atoms. The van der Waals surface area contributed by atoms with Crippen LogP contribution in [0.25, 0.3) is 0 Å². The van der Waals surface area contributed by atoms with Gasteiger partial charge < -0.3 is 10.1 Å². The van der Waals surface area contributed by atoms with Crippen molar-refractivity contribution in [3.8, 4) is 0 Å². The fraction of sp³-hybridized carbons (Fsp3) is 0.533. The van der Waals surface area contributed by atoms with Gasteiger partial charge in [-0.25, -0.2) is 4.79 Å². The molecule has 0 aliphatic heterocycles. The summed E-state index contributed by atoms with van der Waals surface area (Å²) in [5.74, 6) is -0.154. The zero-order valence-corrected chi connectivity index (χ0v) is 11.5. The molecule has 1 N–H and O–H groups in total. The van der Waals surface area contributed by atoms with Crippen molar-refractivity contribution in [1.29, 1.82) is 0 Å². The molecule has 0 saturated heterocycles. The number of hydrogen-bond acceptors (Lipinski definition) is 3. The molecule has 100 valence electrons. The van der Waals surface area contributed by atoms with Crippen LogP contribution in [0.5, 0.6) is 0 Å². The molecule has 1 unspecified atom stereocenters. The van der Waals surface area contributed by atoms with E-state index in [2.05, 4.69) is 12.2 Å². The molecule has 0 amide bonds. The molecule has 3 heteroatoms. The van der Waals surface area contributed by atoms with Crippen molar-refractivity contribution in [3.05, 3.63) is 30.3 Å². The highest BCUT2D eigenvalue weighted by Gasteiger charge is 2.37. The predicted molar refractivity (Wildman–Crippen MR) is 74.6 cm³/mol. The third-order valence-corrected chi connectivity index (χ3v) is 3.10. The van der Waals surface area contributed by atoms with Crippen LogP contribution in [0.15, 0.2) is 30.3 Å². The van der Waals surface area contributed by atoms with Gasteiger partial charge in [0, 0.05) is 5.69 Å². The molecule has 0 saturated carbocycles. The fourth-order valence-electron chi connectivity index (χ4n) is 2.12. The summed E-state index contributed by atoms with van der Waals surface area (Å²) in [6.07, 6.45) is 2.43. The van der Waals surface area contributed by atoms with Gasteiger partial charge in [-0.3, -0.25) is 0 Å². The summed E-state index contributed by atoms with van der Waals surface area (Å²) < 4.78 is 5.22. The number of carbonyl (C=O) groups excluding carboxylic acids is 1. The van der Waals surface area contributed by atoms with Crippen molar-refractivity contribution in [1.82, 2.24) is 0 Å². The van der Waals surface area contributed by atoms with Gasteiger partial charge in [-0.2, -0.15) is 0 Å². The van der Waals surface area contributed by atoms with Crippen molar-refractivity contribution in [2.75, 3.05) is 11.9 Å². The maximum Gasteiger partial charge on any atom is 0.331 e. The summed E-state index contributed by atoms with van der Waals surface area (Å²) in [5.41, 5.74) is 0.354. The van der Waals surface area contributed by atoms with Crippen LogP contribution in [-0.4, -0.2) is 18.1 Å². The SMILES string of the molecule is CCCC(CC)(Nc1ccccc1)C(=O)OCC. The number of esters is 1. The average Bonchev–Trinajstić information content (AvgIpc) is 2.39. The van der Waals surface area contributed by atoms with Gasteiger partial charge in [0.05, 0.1) is 6.61 Å². The van der Waals surface area contributed by atoms with E-state index in [0.29, 0.717) is 13.0 Å². The lowest BCUT2D eigenvalue weighted by Crippen LogP contribution is -2.47. The topological polar surface area (TPSA) is 38.3 Å². The lowest BCUT2D eigenvalue weighted by Gasteiger charge is -2.32. The Bertz CT molecular complexity index is 364. The Labute approximate surface area is 110 Å². The van der Waals surface area contributed by atoms with Gasteiger partial charge in [-0.1, -0.05) is 38.5 Å². The van der Waals surface area contributed by atoms with Gasteiger partial charge in [0.25, 0.3) is 0 Å². The van der Waals surface area contributed by atoms with E-state index >= 15 is 0 Å². The van der Waals surface area contributed by atoms with Gasteiger partial charge in [0.15, 0.2) is 0 Å². The van der Waals surface area contributed by atoms with E-state index in [1.54, 1.807) is 0 Å². The molecule has 1 aromatic rings. The van der Waals surface area contributed by atoms with Gasteiger partial charge in [-0.05, 0) is 31.9 Å². The summed E-state index contributed by atoms with van der Waals surface area (Å²) in [7, 11) is 0. The third-order valence-electron chi connectivity index (χ3n) is 3.10. The summed E-state index contributed by atoms with van der Waals surface area (Å²) in [5, 5.41) is 3.35. The van der Waals surface area contributed by atoms with Crippen molar-refractivity contribution in [3.63, 3.8) is 0 Å². The van der Waals surface area contributed by atoms with Gasteiger partial charge in [0.2, 0.25) is 0 Å². The molecule has 0 fully saturated rings. The Morgan fingerprint density at radius 2 is 1.89 bits per heavy atom. The highest BCUT2D eigenvalue weighted by Crippen LogP contribution is 2.25. The van der Waals surface area contributed by atoms with E-state index in [4.69, 9.17) is 4.74 Å². The van der Waals surface area contributed by atoms with E-state index in [0.717, 1.165) is 18.5 Å². The number of anilines is 1. The number of carbonyl (C=O) groups is 1. The van der Waals surface area contributed by atoms with Crippen molar-refractivity contribution < 1.29 is 9.53 Å². The Kier molecular flexibility index (Phi) is 5.69. The van der Waals surface area contributed by atoms with Crippen LogP contribution in [-0.2, 0) is 9.53 Å². The van der Waals surface area contributed by atoms with Crippen molar-refractivity contribution in [2.45, 2.75) is 45.6 Å². The zero-order valence-electron chi connectivity index (χ0n) is 11.5. The van der Waals surface area contributed by atoms with Crippen molar-refractivity contribution >= 4 is 11.7 Å². The van der Waals surface area contributed by atoms with E-state index in [-0.39, 0.29) is 5.97 Å². The largest absolute Gasteiger partial charge is 0.464 e. The molecule has 1 atom stereocenters. The second-order valence-corrected chi connectivity index (χ2v) is 4.40. The number of benzene rings is 1. The highest BCUT2D eigenvalue weighted by molar-refractivity contribution is 5.84. The van der Waals surface area contributed by atoms with E-state index < -0.39 is 5.54 Å². The Hall–Kier alpha value is -1.51. The smallest absolute Gasteiger partial charge is 0.331 e. The first-order chi connectivity index (χ1) is 8.68. The Morgan fingerprint density at radius 1 is 1.22 bits per heavy atom. The third kappa shape index (κ3) is 3.49. The first-order valence-corrected chi connectivity index (χ1v) is 6.69. The van der Waals surface area contributed by atoms with Crippen LogP contribution in [0.2, 0.25) is 0 Å².